The first-order chi connectivity index (χ1) is 16.2. The van der Waals surface area contributed by atoms with Crippen molar-refractivity contribution in [3.8, 4) is 28.1 Å². The summed E-state index contributed by atoms with van der Waals surface area (Å²) in [6, 6.07) is 11.5. The van der Waals surface area contributed by atoms with Crippen molar-refractivity contribution >= 4 is 38.6 Å². The lowest BCUT2D eigenvalue weighted by Crippen LogP contribution is -2.25. The number of nitrogens with zero attached hydrogens (tertiary/aromatic N) is 2. The van der Waals surface area contributed by atoms with Crippen molar-refractivity contribution in [3.63, 3.8) is 0 Å². The zero-order valence-corrected chi connectivity index (χ0v) is 19.0. The van der Waals surface area contributed by atoms with Crippen LogP contribution in [0.1, 0.15) is 0 Å². The van der Waals surface area contributed by atoms with E-state index in [4.69, 9.17) is 10.5 Å². The van der Waals surface area contributed by atoms with Crippen molar-refractivity contribution in [1.82, 2.24) is 19.3 Å². The van der Waals surface area contributed by atoms with Gasteiger partial charge in [-0.25, -0.2) is 12.7 Å². The Bertz CT molecular complexity index is 1620. The maximum Gasteiger partial charge on any atom is 0.262 e. The summed E-state index contributed by atoms with van der Waals surface area (Å²) in [5, 5.41) is 3.01. The number of nitrogen functional groups attached to an aromatic ring is 1. The van der Waals surface area contributed by atoms with E-state index in [2.05, 4.69) is 20.3 Å². The van der Waals surface area contributed by atoms with Gasteiger partial charge in [-0.1, -0.05) is 24.3 Å². The molecule has 5 N–H and O–H groups in total. The third-order valence-corrected chi connectivity index (χ3v) is 7.34. The molecule has 0 bridgehead atoms. The second kappa shape index (κ2) is 7.71. The summed E-state index contributed by atoms with van der Waals surface area (Å²) in [5.41, 5.74) is 8.20. The molecule has 0 atom stereocenters. The number of ether oxygens (including phenoxy) is 1. The number of carbonyl (C=O) groups excluding carboxylic acids is 1. The maximum atomic E-state index is 12.9. The molecule has 2 aromatic heterocycles. The molecule has 1 aliphatic rings. The molecule has 174 valence electrons. The van der Waals surface area contributed by atoms with E-state index in [1.54, 1.807) is 30.3 Å². The number of aromatic amines is 2. The highest BCUT2D eigenvalue weighted by atomic mass is 32.2. The van der Waals surface area contributed by atoms with Gasteiger partial charge in [0.25, 0.3) is 11.5 Å². The average molecular weight is 481 g/mol. The zero-order valence-electron chi connectivity index (χ0n) is 18.2. The number of hydrogen-bond donors (Lipinski definition) is 4. The number of nitrogens with one attached hydrogen (secondary N) is 3. The van der Waals surface area contributed by atoms with E-state index in [1.807, 2.05) is 0 Å². The molecule has 1 amide bonds. The number of para-hydroxylation sites is 1. The number of hydrogen-bond acceptors (Lipinski definition) is 7. The van der Waals surface area contributed by atoms with Crippen LogP contribution in [-0.2, 0) is 14.8 Å². The van der Waals surface area contributed by atoms with Gasteiger partial charge in [-0.2, -0.15) is 4.98 Å². The Hall–Kier alpha value is -4.16. The van der Waals surface area contributed by atoms with E-state index in [0.29, 0.717) is 33.8 Å². The van der Waals surface area contributed by atoms with Gasteiger partial charge in [0, 0.05) is 25.2 Å². The lowest BCUT2D eigenvalue weighted by atomic mass is 9.97. The molecule has 1 aliphatic heterocycles. The van der Waals surface area contributed by atoms with E-state index >= 15 is 0 Å². The average Bonchev–Trinajstić information content (AvgIpc) is 3.17. The zero-order chi connectivity index (χ0) is 24.2. The van der Waals surface area contributed by atoms with Gasteiger partial charge >= 0.3 is 0 Å². The highest BCUT2D eigenvalue weighted by Gasteiger charge is 2.26. The molecule has 0 saturated heterocycles. The number of anilines is 2. The monoisotopic (exact) mass is 480 g/mol. The summed E-state index contributed by atoms with van der Waals surface area (Å²) in [6.07, 6.45) is 0. The topological polar surface area (TPSA) is 163 Å². The number of rotatable bonds is 4. The molecule has 0 spiro atoms. The predicted octanol–water partition coefficient (Wildman–Crippen LogP) is 1.75. The first-order valence-corrected chi connectivity index (χ1v) is 11.6. The number of benzene rings is 2. The minimum atomic E-state index is -3.61. The van der Waals surface area contributed by atoms with Gasteiger partial charge in [-0.05, 0) is 23.8 Å². The lowest BCUT2D eigenvalue weighted by Gasteiger charge is -2.21. The van der Waals surface area contributed by atoms with Crippen LogP contribution < -0.4 is 21.3 Å². The summed E-state index contributed by atoms with van der Waals surface area (Å²) in [5.74, 6) is 0.0731. The molecule has 2 aromatic carbocycles. The van der Waals surface area contributed by atoms with Crippen LogP contribution >= 0.6 is 0 Å². The molecule has 0 aliphatic carbocycles. The fourth-order valence-electron chi connectivity index (χ4n) is 3.92. The highest BCUT2D eigenvalue weighted by Crippen LogP contribution is 2.44. The molecule has 0 saturated carbocycles. The summed E-state index contributed by atoms with van der Waals surface area (Å²) in [6.45, 7) is -0.166. The molecular weight excluding hydrogens is 460 g/mol. The van der Waals surface area contributed by atoms with Crippen LogP contribution in [0.2, 0.25) is 0 Å². The Morgan fingerprint density at radius 1 is 1.06 bits per heavy atom. The van der Waals surface area contributed by atoms with Gasteiger partial charge in [0.15, 0.2) is 12.4 Å². The van der Waals surface area contributed by atoms with Gasteiger partial charge < -0.3 is 20.8 Å². The fourth-order valence-corrected chi connectivity index (χ4v) is 4.82. The Balaban J connectivity index is 1.78. The largest absolute Gasteiger partial charge is 0.481 e. The van der Waals surface area contributed by atoms with E-state index in [9.17, 15) is 18.0 Å². The Morgan fingerprint density at radius 3 is 2.50 bits per heavy atom. The van der Waals surface area contributed by atoms with Crippen molar-refractivity contribution in [2.45, 2.75) is 4.90 Å². The lowest BCUT2D eigenvalue weighted by molar-refractivity contribution is -0.118. The fraction of sp³-hybridized carbons (Fsp3) is 0.136. The quantitative estimate of drug-likeness (QED) is 0.346. The molecule has 34 heavy (non-hydrogen) atoms. The van der Waals surface area contributed by atoms with Crippen LogP contribution in [0.25, 0.3) is 33.4 Å². The van der Waals surface area contributed by atoms with Crippen molar-refractivity contribution in [3.05, 3.63) is 52.8 Å². The highest BCUT2D eigenvalue weighted by molar-refractivity contribution is 7.89. The van der Waals surface area contributed by atoms with Crippen LogP contribution in [0.4, 0.5) is 11.6 Å². The van der Waals surface area contributed by atoms with E-state index in [-0.39, 0.29) is 34.4 Å². The minimum absolute atomic E-state index is 0.0529. The molecule has 0 unspecified atom stereocenters. The van der Waals surface area contributed by atoms with E-state index in [1.165, 1.54) is 26.2 Å². The number of sulfonamides is 1. The Kier molecular flexibility index (Phi) is 4.92. The molecular formula is C22H20N6O5S. The molecule has 5 rings (SSSR count). The third-order valence-electron chi connectivity index (χ3n) is 5.51. The molecule has 11 nitrogen and oxygen atoms in total. The van der Waals surface area contributed by atoms with E-state index in [0.717, 1.165) is 4.31 Å². The second-order valence-corrected chi connectivity index (χ2v) is 10.0. The van der Waals surface area contributed by atoms with Gasteiger partial charge in [-0.3, -0.25) is 14.6 Å². The second-order valence-electron chi connectivity index (χ2n) is 7.88. The van der Waals surface area contributed by atoms with Crippen LogP contribution in [-0.4, -0.2) is 54.3 Å². The van der Waals surface area contributed by atoms with Crippen molar-refractivity contribution in [1.29, 1.82) is 0 Å². The van der Waals surface area contributed by atoms with Crippen LogP contribution in [0.15, 0.2) is 52.2 Å². The first-order valence-electron chi connectivity index (χ1n) is 10.2. The van der Waals surface area contributed by atoms with Gasteiger partial charge in [-0.15, -0.1) is 0 Å². The summed E-state index contributed by atoms with van der Waals surface area (Å²) in [4.78, 5) is 34.7. The number of H-pyrrole nitrogens is 2. The normalized spacial score (nSPS) is 13.6. The molecule has 0 fully saturated rings. The third kappa shape index (κ3) is 3.40. The molecule has 0 radical (unpaired) electrons. The van der Waals surface area contributed by atoms with Crippen molar-refractivity contribution in [2.75, 3.05) is 31.8 Å². The van der Waals surface area contributed by atoms with Gasteiger partial charge in [0.2, 0.25) is 16.0 Å². The molecule has 12 heteroatoms. The number of amides is 1. The SMILES string of the molecule is CN(C)S(=O)(=O)c1ccc(-c2[nH]c3nc(N)[nH]c(=O)c3c2-c2cccc3c2OCC(=O)N3)cc1. The van der Waals surface area contributed by atoms with E-state index < -0.39 is 15.6 Å². The van der Waals surface area contributed by atoms with Crippen LogP contribution in [0, 0.1) is 0 Å². The van der Waals surface area contributed by atoms with Crippen LogP contribution in [0.5, 0.6) is 5.75 Å². The maximum absolute atomic E-state index is 12.9. The number of nitrogens with two attached hydrogens (primary N) is 1. The standard InChI is InChI=1S/C22H20N6O5S/c1-28(2)34(31,32)12-8-6-11(7-9-12)18-16(17-20(25-18)26-22(23)27-21(17)30)13-4-3-5-14-19(13)33-10-15(29)24-14/h3-9H,10H2,1-2H3,(H,24,29)(H4,23,25,26,27,30). The van der Waals surface area contributed by atoms with Crippen LogP contribution in [0.3, 0.4) is 0 Å². The van der Waals surface area contributed by atoms with Crippen molar-refractivity contribution < 1.29 is 17.9 Å². The first kappa shape index (κ1) is 21.7. The van der Waals surface area contributed by atoms with Gasteiger partial charge in [0.05, 0.1) is 21.7 Å². The number of aromatic nitrogens is 3. The molecule has 3 heterocycles. The number of fused-ring (bicyclic) bond motifs is 2. The predicted molar refractivity (Wildman–Crippen MR) is 127 cm³/mol. The van der Waals surface area contributed by atoms with Gasteiger partial charge in [0.1, 0.15) is 5.65 Å². The smallest absolute Gasteiger partial charge is 0.262 e. The Labute approximate surface area is 193 Å². The minimum Gasteiger partial charge on any atom is -0.481 e. The number of carbonyl (C=O) groups is 1. The summed E-state index contributed by atoms with van der Waals surface area (Å²) >= 11 is 0. The summed E-state index contributed by atoms with van der Waals surface area (Å²) in [7, 11) is -0.699. The molecule has 4 aromatic rings. The Morgan fingerprint density at radius 2 is 1.79 bits per heavy atom. The summed E-state index contributed by atoms with van der Waals surface area (Å²) < 4.78 is 31.8. The van der Waals surface area contributed by atoms with Crippen molar-refractivity contribution in [2.24, 2.45) is 0 Å².